The summed E-state index contributed by atoms with van der Waals surface area (Å²) in [4.78, 5) is 0. The first-order valence-electron chi connectivity index (χ1n) is 4.51. The Morgan fingerprint density at radius 2 is 2.25 bits per heavy atom. The first kappa shape index (κ1) is 7.81. The number of fused-ring (bicyclic) bond motifs is 1. The lowest BCUT2D eigenvalue weighted by Crippen LogP contribution is -2.33. The predicted octanol–water partition coefficient (Wildman–Crippen LogP) is 2.06. The summed E-state index contributed by atoms with van der Waals surface area (Å²) >= 11 is 0. The van der Waals surface area contributed by atoms with Crippen LogP contribution >= 0.6 is 0 Å². The zero-order valence-corrected chi connectivity index (χ0v) is 7.11. The van der Waals surface area contributed by atoms with Crippen LogP contribution in [0.5, 0.6) is 0 Å². The van der Waals surface area contributed by atoms with Gasteiger partial charge in [-0.15, -0.1) is 0 Å². The lowest BCUT2D eigenvalue weighted by molar-refractivity contribution is 0.130. The summed E-state index contributed by atoms with van der Waals surface area (Å²) in [5, 5.41) is 9.36. The van der Waals surface area contributed by atoms with Crippen molar-refractivity contribution in [2.45, 2.75) is 12.8 Å². The van der Waals surface area contributed by atoms with Crippen LogP contribution in [0.15, 0.2) is 36.5 Å². The maximum Gasteiger partial charge on any atom is 0.0530 e. The lowest BCUT2D eigenvalue weighted by atomic mass is 9.68. The van der Waals surface area contributed by atoms with Gasteiger partial charge in [0.05, 0.1) is 6.61 Å². The predicted molar refractivity (Wildman–Crippen MR) is 49.7 cm³/mol. The molecule has 0 aliphatic heterocycles. The highest BCUT2D eigenvalue weighted by atomic mass is 16.3. The van der Waals surface area contributed by atoms with E-state index in [9.17, 15) is 5.11 Å². The summed E-state index contributed by atoms with van der Waals surface area (Å²) in [6.07, 6.45) is 15.0. The fraction of sp³-hybridized carbons (Fsp3) is 0.455. The molecule has 0 fully saturated rings. The average Bonchev–Trinajstić information content (AvgIpc) is 2.18. The van der Waals surface area contributed by atoms with E-state index in [1.165, 1.54) is 0 Å². The van der Waals surface area contributed by atoms with Crippen molar-refractivity contribution in [2.75, 3.05) is 6.61 Å². The van der Waals surface area contributed by atoms with E-state index < -0.39 is 0 Å². The third kappa shape index (κ3) is 1.05. The van der Waals surface area contributed by atoms with Gasteiger partial charge in [0.2, 0.25) is 0 Å². The normalized spacial score (nSPS) is 38.2. The van der Waals surface area contributed by atoms with Gasteiger partial charge in [-0.05, 0) is 12.8 Å². The fourth-order valence-electron chi connectivity index (χ4n) is 2.07. The van der Waals surface area contributed by atoms with Crippen LogP contribution in [0, 0.1) is 11.3 Å². The molecule has 1 heteroatoms. The molecule has 2 atom stereocenters. The highest BCUT2D eigenvalue weighted by Crippen LogP contribution is 2.41. The van der Waals surface area contributed by atoms with Gasteiger partial charge in [-0.2, -0.15) is 0 Å². The lowest BCUT2D eigenvalue weighted by Gasteiger charge is -2.37. The minimum atomic E-state index is 0.0174. The Bertz CT molecular complexity index is 250. The molecule has 0 spiro atoms. The Labute approximate surface area is 73.1 Å². The van der Waals surface area contributed by atoms with Gasteiger partial charge >= 0.3 is 0 Å². The van der Waals surface area contributed by atoms with E-state index >= 15 is 0 Å². The standard InChI is InChI=1S/C11H14O/c12-9-11-7-3-1-5-10(11)6-2-4-8-11/h1-3,5-7,10,12H,4,8-9H2. The molecule has 2 aliphatic carbocycles. The van der Waals surface area contributed by atoms with Crippen molar-refractivity contribution >= 4 is 0 Å². The van der Waals surface area contributed by atoms with Crippen molar-refractivity contribution in [2.24, 2.45) is 11.3 Å². The first-order valence-corrected chi connectivity index (χ1v) is 4.51. The molecular weight excluding hydrogens is 148 g/mol. The van der Waals surface area contributed by atoms with Gasteiger partial charge in [0.1, 0.15) is 0 Å². The Balaban J connectivity index is 2.33. The summed E-state index contributed by atoms with van der Waals surface area (Å²) in [7, 11) is 0. The van der Waals surface area contributed by atoms with Gasteiger partial charge in [0.25, 0.3) is 0 Å². The van der Waals surface area contributed by atoms with Gasteiger partial charge < -0.3 is 5.11 Å². The molecule has 0 aromatic rings. The van der Waals surface area contributed by atoms with Gasteiger partial charge in [-0.3, -0.25) is 0 Å². The third-order valence-corrected chi connectivity index (χ3v) is 2.94. The molecule has 0 heterocycles. The van der Waals surface area contributed by atoms with Gasteiger partial charge in [-0.25, -0.2) is 0 Å². The van der Waals surface area contributed by atoms with E-state index in [2.05, 4.69) is 30.4 Å². The Hall–Kier alpha value is -0.820. The zero-order chi connectivity index (χ0) is 8.44. The molecule has 1 N–H and O–H groups in total. The molecule has 0 saturated carbocycles. The molecule has 0 saturated heterocycles. The smallest absolute Gasteiger partial charge is 0.0530 e. The maximum atomic E-state index is 9.36. The molecule has 0 aromatic carbocycles. The van der Waals surface area contributed by atoms with Crippen LogP contribution in [0.4, 0.5) is 0 Å². The highest BCUT2D eigenvalue weighted by molar-refractivity contribution is 5.26. The van der Waals surface area contributed by atoms with Crippen LogP contribution in [0.3, 0.4) is 0 Å². The molecule has 2 unspecified atom stereocenters. The molecule has 12 heavy (non-hydrogen) atoms. The van der Waals surface area contributed by atoms with Crippen LogP contribution in [0.2, 0.25) is 0 Å². The summed E-state index contributed by atoms with van der Waals surface area (Å²) in [6, 6.07) is 0. The second kappa shape index (κ2) is 2.91. The molecule has 0 aromatic heterocycles. The van der Waals surface area contributed by atoms with E-state index in [0.717, 1.165) is 12.8 Å². The summed E-state index contributed by atoms with van der Waals surface area (Å²) in [5.41, 5.74) is 0.0174. The Morgan fingerprint density at radius 3 is 3.00 bits per heavy atom. The van der Waals surface area contributed by atoms with E-state index in [1.54, 1.807) is 0 Å². The zero-order valence-electron chi connectivity index (χ0n) is 7.11. The fourth-order valence-corrected chi connectivity index (χ4v) is 2.07. The molecule has 64 valence electrons. The van der Waals surface area contributed by atoms with Gasteiger partial charge in [0.15, 0.2) is 0 Å². The van der Waals surface area contributed by atoms with E-state index in [1.807, 2.05) is 6.08 Å². The van der Waals surface area contributed by atoms with Gasteiger partial charge in [-0.1, -0.05) is 36.5 Å². The molecule has 2 rings (SSSR count). The van der Waals surface area contributed by atoms with Crippen molar-refractivity contribution in [1.29, 1.82) is 0 Å². The number of allylic oxidation sites excluding steroid dienone is 5. The molecular formula is C11H14O. The summed E-state index contributed by atoms with van der Waals surface area (Å²) < 4.78 is 0. The van der Waals surface area contributed by atoms with Crippen molar-refractivity contribution < 1.29 is 5.11 Å². The van der Waals surface area contributed by atoms with Crippen molar-refractivity contribution in [3.05, 3.63) is 36.5 Å². The van der Waals surface area contributed by atoms with Gasteiger partial charge in [0, 0.05) is 11.3 Å². The second-order valence-corrected chi connectivity index (χ2v) is 3.63. The van der Waals surface area contributed by atoms with Crippen LogP contribution in [0.25, 0.3) is 0 Å². The van der Waals surface area contributed by atoms with Crippen molar-refractivity contribution in [3.8, 4) is 0 Å². The third-order valence-electron chi connectivity index (χ3n) is 2.94. The number of aliphatic hydroxyl groups is 1. The minimum Gasteiger partial charge on any atom is -0.395 e. The molecule has 0 radical (unpaired) electrons. The van der Waals surface area contributed by atoms with Crippen molar-refractivity contribution in [3.63, 3.8) is 0 Å². The molecule has 2 aliphatic rings. The second-order valence-electron chi connectivity index (χ2n) is 3.63. The first-order chi connectivity index (χ1) is 5.87. The maximum absolute atomic E-state index is 9.36. The van der Waals surface area contributed by atoms with E-state index in [4.69, 9.17) is 0 Å². The molecule has 0 amide bonds. The monoisotopic (exact) mass is 162 g/mol. The summed E-state index contributed by atoms with van der Waals surface area (Å²) in [6.45, 7) is 0.267. The largest absolute Gasteiger partial charge is 0.395 e. The molecule has 1 nitrogen and oxygen atoms in total. The SMILES string of the molecule is OCC12C=CC=CC1C=CCC2. The van der Waals surface area contributed by atoms with Crippen LogP contribution < -0.4 is 0 Å². The topological polar surface area (TPSA) is 20.2 Å². The summed E-state index contributed by atoms with van der Waals surface area (Å²) in [5.74, 6) is 0.418. The van der Waals surface area contributed by atoms with Crippen molar-refractivity contribution in [1.82, 2.24) is 0 Å². The number of hydrogen-bond acceptors (Lipinski definition) is 1. The number of aliphatic hydroxyl groups excluding tert-OH is 1. The van der Waals surface area contributed by atoms with E-state index in [0.29, 0.717) is 5.92 Å². The minimum absolute atomic E-state index is 0.0174. The van der Waals surface area contributed by atoms with Crippen LogP contribution in [-0.4, -0.2) is 11.7 Å². The molecule has 0 bridgehead atoms. The number of hydrogen-bond donors (Lipinski definition) is 1. The quantitative estimate of drug-likeness (QED) is 0.585. The number of rotatable bonds is 1. The Kier molecular flexibility index (Phi) is 1.89. The highest BCUT2D eigenvalue weighted by Gasteiger charge is 2.35. The average molecular weight is 162 g/mol. The van der Waals surface area contributed by atoms with Crippen LogP contribution in [0.1, 0.15) is 12.8 Å². The van der Waals surface area contributed by atoms with E-state index in [-0.39, 0.29) is 12.0 Å². The Morgan fingerprint density at radius 1 is 1.33 bits per heavy atom. The van der Waals surface area contributed by atoms with Crippen LogP contribution in [-0.2, 0) is 0 Å².